The molecule has 0 saturated carbocycles. The Labute approximate surface area is 160 Å². The summed E-state index contributed by atoms with van der Waals surface area (Å²) in [5.74, 6) is 1.00. The molecule has 1 aromatic carbocycles. The van der Waals surface area contributed by atoms with E-state index in [9.17, 15) is 0 Å². The Morgan fingerprint density at radius 3 is 2.69 bits per heavy atom. The number of fused-ring (bicyclic) bond motifs is 1. The van der Waals surface area contributed by atoms with E-state index < -0.39 is 0 Å². The van der Waals surface area contributed by atoms with E-state index in [4.69, 9.17) is 4.74 Å². The average Bonchev–Trinajstić information content (AvgIpc) is 3.02. The number of likely N-dealkylation sites (tertiary alicyclic amines) is 1. The summed E-state index contributed by atoms with van der Waals surface area (Å²) in [7, 11) is 1.96. The third-order valence-corrected chi connectivity index (χ3v) is 4.93. The predicted molar refractivity (Wildman–Crippen MR) is 106 cm³/mol. The molecule has 0 atom stereocenters. The van der Waals surface area contributed by atoms with E-state index in [1.165, 1.54) is 21.9 Å². The monoisotopic (exact) mass is 372 g/mol. The Bertz CT molecular complexity index is 871. The van der Waals surface area contributed by atoms with Crippen LogP contribution in [-0.2, 0) is 13.6 Å². The topological polar surface area (TPSA) is 43.2 Å². The Balaban J connectivity index is 0.00000196. The van der Waals surface area contributed by atoms with Crippen LogP contribution in [-0.4, -0.2) is 38.9 Å². The number of aryl methyl sites for hydroxylation is 2. The normalized spacial score (nSPS) is 15.8. The smallest absolute Gasteiger partial charge is 0.123 e. The average molecular weight is 373 g/mol. The van der Waals surface area contributed by atoms with E-state index in [0.717, 1.165) is 38.2 Å². The van der Waals surface area contributed by atoms with Crippen molar-refractivity contribution in [2.45, 2.75) is 32.4 Å². The van der Waals surface area contributed by atoms with Crippen LogP contribution in [0.5, 0.6) is 5.75 Å². The summed E-state index contributed by atoms with van der Waals surface area (Å²) in [5, 5.41) is 6.60. The van der Waals surface area contributed by atoms with E-state index in [1.807, 2.05) is 36.4 Å². The zero-order valence-electron chi connectivity index (χ0n) is 15.3. The lowest BCUT2D eigenvalue weighted by Gasteiger charge is -2.32. The van der Waals surface area contributed by atoms with Gasteiger partial charge in [-0.3, -0.25) is 14.6 Å². The summed E-state index contributed by atoms with van der Waals surface area (Å²) in [6.07, 6.45) is 10.2. The molecule has 1 aliphatic heterocycles. The van der Waals surface area contributed by atoms with E-state index in [1.54, 1.807) is 0 Å². The molecular formula is C20H25ClN4O. The number of hydrogen-bond donors (Lipinski definition) is 0. The minimum Gasteiger partial charge on any atom is -0.490 e. The van der Waals surface area contributed by atoms with Crippen LogP contribution < -0.4 is 4.74 Å². The molecule has 0 unspecified atom stereocenters. The fourth-order valence-electron chi connectivity index (χ4n) is 3.53. The molecule has 5 nitrogen and oxygen atoms in total. The van der Waals surface area contributed by atoms with Gasteiger partial charge in [0, 0.05) is 56.2 Å². The van der Waals surface area contributed by atoms with Crippen molar-refractivity contribution < 1.29 is 4.74 Å². The van der Waals surface area contributed by atoms with E-state index in [-0.39, 0.29) is 12.4 Å². The molecule has 4 rings (SSSR count). The van der Waals surface area contributed by atoms with Gasteiger partial charge in [0.25, 0.3) is 0 Å². The largest absolute Gasteiger partial charge is 0.490 e. The van der Waals surface area contributed by atoms with Gasteiger partial charge in [-0.05, 0) is 48.9 Å². The molecule has 6 heteroatoms. The number of hydrogen-bond acceptors (Lipinski definition) is 4. The van der Waals surface area contributed by atoms with Crippen molar-refractivity contribution >= 4 is 23.2 Å². The van der Waals surface area contributed by atoms with E-state index in [0.29, 0.717) is 6.10 Å². The summed E-state index contributed by atoms with van der Waals surface area (Å²) in [6, 6.07) is 6.35. The number of pyridine rings is 1. The fraction of sp³-hybridized carbons (Fsp3) is 0.400. The lowest BCUT2D eigenvalue weighted by molar-refractivity contribution is 0.0964. The molecule has 0 aliphatic carbocycles. The van der Waals surface area contributed by atoms with Crippen LogP contribution in [0.15, 0.2) is 43.0 Å². The Morgan fingerprint density at radius 1 is 1.15 bits per heavy atom. The van der Waals surface area contributed by atoms with Crippen LogP contribution in [0.25, 0.3) is 10.8 Å². The van der Waals surface area contributed by atoms with Crippen LogP contribution >= 0.6 is 12.4 Å². The van der Waals surface area contributed by atoms with Crippen molar-refractivity contribution in [1.29, 1.82) is 0 Å². The molecule has 3 heterocycles. The van der Waals surface area contributed by atoms with E-state index in [2.05, 4.69) is 40.2 Å². The second-order valence-electron chi connectivity index (χ2n) is 6.96. The van der Waals surface area contributed by atoms with Gasteiger partial charge in [0.05, 0.1) is 6.20 Å². The summed E-state index contributed by atoms with van der Waals surface area (Å²) in [5.41, 5.74) is 2.46. The highest BCUT2D eigenvalue weighted by atomic mass is 35.5. The predicted octanol–water partition coefficient (Wildman–Crippen LogP) is 3.74. The first-order chi connectivity index (χ1) is 12.2. The number of aromatic nitrogens is 3. The molecule has 0 N–H and O–H groups in total. The molecule has 0 spiro atoms. The summed E-state index contributed by atoms with van der Waals surface area (Å²) in [6.45, 7) is 5.22. The maximum absolute atomic E-state index is 6.33. The molecule has 138 valence electrons. The molecule has 0 bridgehead atoms. The van der Waals surface area contributed by atoms with Crippen LogP contribution in [0.1, 0.15) is 24.0 Å². The van der Waals surface area contributed by atoms with Crippen molar-refractivity contribution in [2.75, 3.05) is 13.1 Å². The van der Waals surface area contributed by atoms with Gasteiger partial charge in [0.1, 0.15) is 11.9 Å². The van der Waals surface area contributed by atoms with Gasteiger partial charge in [0.2, 0.25) is 0 Å². The number of benzene rings is 1. The lowest BCUT2D eigenvalue weighted by Crippen LogP contribution is -2.37. The zero-order valence-corrected chi connectivity index (χ0v) is 16.1. The number of nitrogens with zero attached hydrogens (tertiary/aromatic N) is 4. The summed E-state index contributed by atoms with van der Waals surface area (Å²) in [4.78, 5) is 6.67. The fourth-order valence-corrected chi connectivity index (χ4v) is 3.53. The van der Waals surface area contributed by atoms with Crippen molar-refractivity contribution in [1.82, 2.24) is 19.7 Å². The zero-order chi connectivity index (χ0) is 17.2. The summed E-state index contributed by atoms with van der Waals surface area (Å²) < 4.78 is 8.20. The second kappa shape index (κ2) is 8.06. The van der Waals surface area contributed by atoms with Crippen LogP contribution in [0.2, 0.25) is 0 Å². The van der Waals surface area contributed by atoms with Crippen molar-refractivity contribution in [3.63, 3.8) is 0 Å². The molecule has 2 aromatic heterocycles. The highest BCUT2D eigenvalue weighted by Gasteiger charge is 2.21. The van der Waals surface area contributed by atoms with Crippen molar-refractivity contribution in [3.05, 3.63) is 54.1 Å². The van der Waals surface area contributed by atoms with Gasteiger partial charge in [-0.2, -0.15) is 5.10 Å². The van der Waals surface area contributed by atoms with Gasteiger partial charge < -0.3 is 4.74 Å². The minimum atomic E-state index is 0. The van der Waals surface area contributed by atoms with Gasteiger partial charge in [0.15, 0.2) is 0 Å². The first-order valence-corrected chi connectivity index (χ1v) is 8.88. The third-order valence-electron chi connectivity index (χ3n) is 4.93. The Hall–Kier alpha value is -2.11. The van der Waals surface area contributed by atoms with Gasteiger partial charge in [-0.1, -0.05) is 0 Å². The first kappa shape index (κ1) is 18.7. The van der Waals surface area contributed by atoms with E-state index >= 15 is 0 Å². The molecule has 26 heavy (non-hydrogen) atoms. The molecular weight excluding hydrogens is 348 g/mol. The molecule has 1 fully saturated rings. The highest BCUT2D eigenvalue weighted by Crippen LogP contribution is 2.27. The molecule has 0 amide bonds. The quantitative estimate of drug-likeness (QED) is 0.699. The number of halogens is 1. The maximum Gasteiger partial charge on any atom is 0.123 e. The lowest BCUT2D eigenvalue weighted by atomic mass is 10.1. The SMILES string of the molecule is Cc1cc2cnccc2cc1OC1CCN(Cc2cnn(C)c2)CC1.Cl. The standard InChI is InChI=1S/C20H24N4O.ClH/c1-15-9-18-12-21-6-3-17(18)10-20(15)25-19-4-7-24(8-5-19)14-16-11-22-23(2)13-16;/h3,6,9-13,19H,4-5,7-8,14H2,1-2H3;1H. The number of rotatable bonds is 4. The van der Waals surface area contributed by atoms with Crippen LogP contribution in [0, 0.1) is 6.92 Å². The number of ether oxygens (including phenoxy) is 1. The molecule has 1 saturated heterocycles. The molecule has 3 aromatic rings. The first-order valence-electron chi connectivity index (χ1n) is 8.88. The van der Waals surface area contributed by atoms with Gasteiger partial charge >= 0.3 is 0 Å². The molecule has 0 radical (unpaired) electrons. The van der Waals surface area contributed by atoms with Gasteiger partial charge in [-0.25, -0.2) is 0 Å². The Morgan fingerprint density at radius 2 is 1.96 bits per heavy atom. The van der Waals surface area contributed by atoms with Gasteiger partial charge in [-0.15, -0.1) is 12.4 Å². The summed E-state index contributed by atoms with van der Waals surface area (Å²) >= 11 is 0. The second-order valence-corrected chi connectivity index (χ2v) is 6.96. The highest BCUT2D eigenvalue weighted by molar-refractivity contribution is 5.85. The van der Waals surface area contributed by atoms with Crippen molar-refractivity contribution in [3.8, 4) is 5.75 Å². The third kappa shape index (κ3) is 4.17. The van der Waals surface area contributed by atoms with Crippen molar-refractivity contribution in [2.24, 2.45) is 7.05 Å². The number of piperidine rings is 1. The molecule has 1 aliphatic rings. The van der Waals surface area contributed by atoms with Crippen LogP contribution in [0.3, 0.4) is 0 Å². The maximum atomic E-state index is 6.33. The Kier molecular flexibility index (Phi) is 5.79. The van der Waals surface area contributed by atoms with Crippen LogP contribution in [0.4, 0.5) is 0 Å². The minimum absolute atomic E-state index is 0.